The maximum Gasteiger partial charge on any atom is 0.261 e. The summed E-state index contributed by atoms with van der Waals surface area (Å²) in [6.07, 6.45) is 5.06. The van der Waals surface area contributed by atoms with Crippen LogP contribution in [0.4, 0.5) is 34.8 Å². The van der Waals surface area contributed by atoms with Gasteiger partial charge in [-0.2, -0.15) is 0 Å². The Morgan fingerprint density at radius 1 is 1.02 bits per heavy atom. The highest BCUT2D eigenvalue weighted by Crippen LogP contribution is 2.53. The zero-order valence-electron chi connectivity index (χ0n) is 31.9. The van der Waals surface area contributed by atoms with Crippen LogP contribution in [0.5, 0.6) is 0 Å². The molecule has 2 aliphatic heterocycles. The minimum atomic E-state index is -2.79. The molecule has 10 nitrogen and oxygen atoms in total. The fourth-order valence-corrected chi connectivity index (χ4v) is 9.29. The van der Waals surface area contributed by atoms with Crippen molar-refractivity contribution in [3.8, 4) is 11.3 Å². The molecule has 2 amide bonds. The quantitative estimate of drug-likeness (QED) is 0.168. The predicted octanol–water partition coefficient (Wildman–Crippen LogP) is 7.82. The van der Waals surface area contributed by atoms with Gasteiger partial charge in [0.1, 0.15) is 11.1 Å². The lowest BCUT2D eigenvalue weighted by atomic mass is 9.71. The van der Waals surface area contributed by atoms with Crippen molar-refractivity contribution in [3.05, 3.63) is 59.2 Å². The van der Waals surface area contributed by atoms with Gasteiger partial charge in [0.2, 0.25) is 5.91 Å². The molecule has 3 saturated carbocycles. The maximum absolute atomic E-state index is 15.7. The van der Waals surface area contributed by atoms with E-state index in [1.54, 1.807) is 18.6 Å². The Morgan fingerprint density at radius 2 is 1.76 bits per heavy atom. The van der Waals surface area contributed by atoms with Crippen molar-refractivity contribution in [2.24, 2.45) is 11.8 Å². The first kappa shape index (κ1) is 36.1. The molecule has 1 aromatic carbocycles. The lowest BCUT2D eigenvalue weighted by Gasteiger charge is -2.55. The number of hydrogen-bond donors (Lipinski definition) is 2. The van der Waals surface area contributed by atoms with Gasteiger partial charge in [-0.15, -0.1) is 0 Å². The van der Waals surface area contributed by atoms with Crippen molar-refractivity contribution in [3.63, 3.8) is 0 Å². The topological polar surface area (TPSA) is 108 Å². The summed E-state index contributed by atoms with van der Waals surface area (Å²) in [6.45, 7) is 13.5. The zero-order chi connectivity index (χ0) is 38.9. The molecular weight excluding hydrogens is 712 g/mol. The molecule has 0 radical (unpaired) electrons. The number of aromatic nitrogens is 4. The lowest BCUT2D eigenvalue weighted by Crippen LogP contribution is -2.64. The van der Waals surface area contributed by atoms with Crippen molar-refractivity contribution >= 4 is 40.0 Å². The molecule has 2 N–H and O–H groups in total. The van der Waals surface area contributed by atoms with Gasteiger partial charge in [0, 0.05) is 47.1 Å². The molecule has 0 spiro atoms. The number of carbonyl (C=O) groups is 2. The number of benzene rings is 1. The fraction of sp³-hybridized carbons (Fsp3) is 0.537. The number of hydrogen-bond acceptors (Lipinski definition) is 7. The van der Waals surface area contributed by atoms with E-state index in [0.717, 1.165) is 49.5 Å². The molecule has 3 aromatic heterocycles. The number of alkyl halides is 2. The molecular formula is C41H46F4N8O2. The minimum Gasteiger partial charge on any atom is -0.341 e. The molecule has 4 aromatic rings. The van der Waals surface area contributed by atoms with E-state index in [9.17, 15) is 18.4 Å². The van der Waals surface area contributed by atoms with Crippen LogP contribution >= 0.6 is 0 Å². The highest BCUT2D eigenvalue weighted by Gasteiger charge is 2.57. The third-order valence-electron chi connectivity index (χ3n) is 13.2. The minimum absolute atomic E-state index is 0.0133. The molecule has 14 heteroatoms. The van der Waals surface area contributed by atoms with E-state index in [0.29, 0.717) is 28.0 Å². The van der Waals surface area contributed by atoms with Crippen LogP contribution in [0.3, 0.4) is 0 Å². The second-order valence-corrected chi connectivity index (χ2v) is 17.7. The van der Waals surface area contributed by atoms with Crippen LogP contribution in [0.2, 0.25) is 0 Å². The predicted molar refractivity (Wildman–Crippen MR) is 201 cm³/mol. The maximum atomic E-state index is 15.7. The first-order valence-electron chi connectivity index (χ1n) is 19.3. The summed E-state index contributed by atoms with van der Waals surface area (Å²) in [5.74, 6) is -1.57. The van der Waals surface area contributed by atoms with E-state index < -0.39 is 34.9 Å². The third-order valence-corrected chi connectivity index (χ3v) is 13.2. The van der Waals surface area contributed by atoms with Gasteiger partial charge in [-0.05, 0) is 117 Å². The molecule has 3 aliphatic carbocycles. The molecule has 290 valence electrons. The molecule has 55 heavy (non-hydrogen) atoms. The van der Waals surface area contributed by atoms with Gasteiger partial charge in [-0.25, -0.2) is 27.5 Å². The summed E-state index contributed by atoms with van der Waals surface area (Å²) in [5, 5.41) is 5.27. The number of nitrogens with zero attached hydrogens (tertiary/aromatic N) is 6. The summed E-state index contributed by atoms with van der Waals surface area (Å²) >= 11 is 0. The van der Waals surface area contributed by atoms with Crippen LogP contribution in [0.25, 0.3) is 22.3 Å². The van der Waals surface area contributed by atoms with Gasteiger partial charge in [0.15, 0.2) is 17.5 Å². The first-order chi connectivity index (χ1) is 26.0. The second kappa shape index (κ2) is 12.2. The standard InChI is InChI=1S/C41H46F4N8O2/c1-20(2)52-19-47-29-14-27(48-35(33(29)52)49-28-13-26(21(3)31(42)32(28)43)36(54)50-41(8-9-41)37(44)45)23-12-30-34(46-17-23)39(4,5)38(55)53(30)25-15-40(6,16-25)51-10-7-22-11-24(22)18-51/h12-14,17,19-20,22,24-25,37H,7-11,15-16,18H2,1-6H3,(H,48,49)(H,50,54). The van der Waals surface area contributed by atoms with E-state index >= 15 is 8.78 Å². The van der Waals surface area contributed by atoms with Gasteiger partial charge >= 0.3 is 0 Å². The Morgan fingerprint density at radius 3 is 2.44 bits per heavy atom. The number of anilines is 3. The third kappa shape index (κ3) is 5.63. The van der Waals surface area contributed by atoms with Crippen LogP contribution in [-0.4, -0.2) is 72.9 Å². The second-order valence-electron chi connectivity index (χ2n) is 17.7. The molecule has 0 bridgehead atoms. The first-order valence-corrected chi connectivity index (χ1v) is 19.3. The highest BCUT2D eigenvalue weighted by atomic mass is 19.3. The molecule has 4 fully saturated rings. The molecule has 2 unspecified atom stereocenters. The number of imidazole rings is 1. The van der Waals surface area contributed by atoms with Gasteiger partial charge in [0.25, 0.3) is 12.3 Å². The number of fused-ring (bicyclic) bond motifs is 3. The highest BCUT2D eigenvalue weighted by molar-refractivity contribution is 6.08. The van der Waals surface area contributed by atoms with Gasteiger partial charge < -0.3 is 20.1 Å². The molecule has 9 rings (SSSR count). The summed E-state index contributed by atoms with van der Waals surface area (Å²) in [4.78, 5) is 46.2. The number of pyridine rings is 2. The average molecular weight is 759 g/mol. The van der Waals surface area contributed by atoms with E-state index in [1.165, 1.54) is 19.8 Å². The Kier molecular flexibility index (Phi) is 8.00. The van der Waals surface area contributed by atoms with Crippen LogP contribution in [0.1, 0.15) is 101 Å². The van der Waals surface area contributed by atoms with Crippen molar-refractivity contribution in [2.45, 2.75) is 115 Å². The Hall–Kier alpha value is -4.59. The van der Waals surface area contributed by atoms with Crippen LogP contribution in [-0.2, 0) is 10.2 Å². The van der Waals surface area contributed by atoms with E-state index in [2.05, 4.69) is 27.4 Å². The monoisotopic (exact) mass is 758 g/mol. The van der Waals surface area contributed by atoms with Gasteiger partial charge in [0.05, 0.1) is 40.0 Å². The van der Waals surface area contributed by atoms with Crippen LogP contribution in [0.15, 0.2) is 30.7 Å². The SMILES string of the molecule is Cc1c(C(=O)NC2(C(F)F)CC2)cc(Nc2nc(-c3cnc4c(c3)N(C3CC(C)(N5CCC6CC6C5)C3)C(=O)C4(C)C)cc3ncn(C(C)C)c23)c(F)c1F. The summed E-state index contributed by atoms with van der Waals surface area (Å²) in [6, 6.07) is 4.80. The largest absolute Gasteiger partial charge is 0.341 e. The molecule has 1 saturated heterocycles. The van der Waals surface area contributed by atoms with Crippen molar-refractivity contribution in [1.29, 1.82) is 0 Å². The van der Waals surface area contributed by atoms with Crippen LogP contribution in [0, 0.1) is 30.4 Å². The Bertz CT molecular complexity index is 2280. The number of nitrogens with one attached hydrogen (secondary N) is 2. The van der Waals surface area contributed by atoms with Crippen molar-refractivity contribution < 1.29 is 27.2 Å². The number of rotatable bonds is 9. The van der Waals surface area contributed by atoms with Crippen molar-refractivity contribution in [1.82, 2.24) is 29.7 Å². The van der Waals surface area contributed by atoms with E-state index in [4.69, 9.17) is 9.97 Å². The number of likely N-dealkylation sites (tertiary alicyclic amines) is 1. The molecule has 5 heterocycles. The normalized spacial score (nSPS) is 26.3. The average Bonchev–Trinajstić information content (AvgIpc) is 4.04. The fourth-order valence-electron chi connectivity index (χ4n) is 9.29. The lowest BCUT2D eigenvalue weighted by molar-refractivity contribution is -0.124. The molecule has 2 atom stereocenters. The molecule has 5 aliphatic rings. The number of carbonyl (C=O) groups excluding carboxylic acids is 2. The summed E-state index contributed by atoms with van der Waals surface area (Å²) in [7, 11) is 0. The smallest absolute Gasteiger partial charge is 0.261 e. The summed E-state index contributed by atoms with van der Waals surface area (Å²) < 4.78 is 60.3. The Labute approximate surface area is 317 Å². The van der Waals surface area contributed by atoms with Crippen LogP contribution < -0.4 is 15.5 Å². The number of amides is 2. The summed E-state index contributed by atoms with van der Waals surface area (Å²) in [5.41, 5.74) is 0.106. The zero-order valence-corrected chi connectivity index (χ0v) is 31.9. The van der Waals surface area contributed by atoms with E-state index in [1.807, 2.05) is 43.2 Å². The Balaban J connectivity index is 1.07. The van der Waals surface area contributed by atoms with Gasteiger partial charge in [-0.3, -0.25) is 19.5 Å². The number of halogens is 4. The van der Waals surface area contributed by atoms with Gasteiger partial charge in [-0.1, -0.05) is 0 Å². The number of piperidine rings is 1. The van der Waals surface area contributed by atoms with Crippen molar-refractivity contribution in [2.75, 3.05) is 23.3 Å². The van der Waals surface area contributed by atoms with E-state index in [-0.39, 0.29) is 59.0 Å².